The zero-order valence-corrected chi connectivity index (χ0v) is 26.1. The molecule has 1 aromatic carbocycles. The van der Waals surface area contributed by atoms with Crippen LogP contribution in [0.25, 0.3) is 0 Å². The normalized spacial score (nSPS) is 24.4. The number of ether oxygens (including phenoxy) is 2. The molecule has 2 aromatic rings. The van der Waals surface area contributed by atoms with Crippen LogP contribution in [0.3, 0.4) is 0 Å². The van der Waals surface area contributed by atoms with Crippen molar-refractivity contribution in [3.05, 3.63) is 56.3 Å². The molecule has 2 aliphatic carbocycles. The van der Waals surface area contributed by atoms with E-state index < -0.39 is 5.60 Å². The molecule has 1 spiro atoms. The van der Waals surface area contributed by atoms with Crippen LogP contribution in [0.2, 0.25) is 0 Å². The minimum absolute atomic E-state index is 0.0268. The zero-order chi connectivity index (χ0) is 29.5. The number of esters is 1. The fourth-order valence-electron chi connectivity index (χ4n) is 7.07. The third kappa shape index (κ3) is 6.47. The third-order valence-electron chi connectivity index (χ3n) is 9.18. The van der Waals surface area contributed by atoms with Crippen LogP contribution >= 0.6 is 11.3 Å². The van der Waals surface area contributed by atoms with Crippen molar-refractivity contribution in [2.24, 2.45) is 11.3 Å². The molecular weight excluding hydrogens is 536 g/mol. The Bertz CT molecular complexity index is 1290. The maximum atomic E-state index is 13.4. The highest BCUT2D eigenvalue weighted by Crippen LogP contribution is 2.59. The second-order valence-corrected chi connectivity index (χ2v) is 14.9. The van der Waals surface area contributed by atoms with Gasteiger partial charge in [0.15, 0.2) is 0 Å². The van der Waals surface area contributed by atoms with Gasteiger partial charge in [0, 0.05) is 28.9 Å². The minimum Gasteiger partial charge on any atom is -0.469 e. The van der Waals surface area contributed by atoms with Crippen molar-refractivity contribution in [1.29, 1.82) is 0 Å². The topological polar surface area (TPSA) is 84.9 Å². The lowest BCUT2D eigenvalue weighted by Gasteiger charge is -2.56. The van der Waals surface area contributed by atoms with Crippen molar-refractivity contribution < 1.29 is 23.9 Å². The molecule has 2 amide bonds. The summed E-state index contributed by atoms with van der Waals surface area (Å²) in [5.74, 6) is 0.382. The van der Waals surface area contributed by atoms with E-state index >= 15 is 0 Å². The molecule has 0 atom stereocenters. The molecular formula is C33H44N2O5S. The van der Waals surface area contributed by atoms with Gasteiger partial charge in [-0.2, -0.15) is 0 Å². The summed E-state index contributed by atoms with van der Waals surface area (Å²) in [7, 11) is 1.45. The lowest BCUT2D eigenvalue weighted by atomic mass is 9.50. The summed E-state index contributed by atoms with van der Waals surface area (Å²) >= 11 is 1.69. The molecule has 41 heavy (non-hydrogen) atoms. The number of carbonyl (C=O) groups excluding carboxylic acids is 3. The summed E-state index contributed by atoms with van der Waals surface area (Å²) < 4.78 is 10.4. The fourth-order valence-corrected chi connectivity index (χ4v) is 8.15. The molecule has 8 heteroatoms. The van der Waals surface area contributed by atoms with Gasteiger partial charge in [-0.1, -0.05) is 24.3 Å². The summed E-state index contributed by atoms with van der Waals surface area (Å²) in [6, 6.07) is 8.98. The Morgan fingerprint density at radius 3 is 2.22 bits per heavy atom. The maximum Gasteiger partial charge on any atom is 0.410 e. The SMILES string of the molecule is COC(=O)C1CC2(CC(NC(=O)c3c(C)sc(C)c3Cc3ccc(C4CCN(C(=O)OC(C)(C)C)CC4)cc3)C2)C1. The van der Waals surface area contributed by atoms with Gasteiger partial charge in [0.25, 0.3) is 5.91 Å². The van der Waals surface area contributed by atoms with Crippen LogP contribution in [0.4, 0.5) is 4.79 Å². The number of hydrogen-bond acceptors (Lipinski definition) is 6. The summed E-state index contributed by atoms with van der Waals surface area (Å²) in [6.45, 7) is 11.3. The highest BCUT2D eigenvalue weighted by Gasteiger charge is 2.55. The van der Waals surface area contributed by atoms with Gasteiger partial charge in [-0.15, -0.1) is 11.3 Å². The summed E-state index contributed by atoms with van der Waals surface area (Å²) in [5.41, 5.74) is 4.18. The molecule has 222 valence electrons. The van der Waals surface area contributed by atoms with Crippen molar-refractivity contribution in [3.63, 3.8) is 0 Å². The number of thiophene rings is 1. The van der Waals surface area contributed by atoms with Crippen LogP contribution in [-0.4, -0.2) is 54.7 Å². The monoisotopic (exact) mass is 580 g/mol. The van der Waals surface area contributed by atoms with Gasteiger partial charge >= 0.3 is 12.1 Å². The first-order chi connectivity index (χ1) is 19.4. The molecule has 3 aliphatic rings. The quantitative estimate of drug-likeness (QED) is 0.393. The van der Waals surface area contributed by atoms with Crippen LogP contribution in [0.15, 0.2) is 24.3 Å². The number of aryl methyl sites for hydroxylation is 2. The maximum absolute atomic E-state index is 13.4. The lowest BCUT2D eigenvalue weighted by Crippen LogP contribution is -2.57. The van der Waals surface area contributed by atoms with Crippen molar-refractivity contribution in [1.82, 2.24) is 10.2 Å². The number of carbonyl (C=O) groups is 3. The summed E-state index contributed by atoms with van der Waals surface area (Å²) in [5, 5.41) is 3.29. The number of nitrogens with one attached hydrogen (secondary N) is 1. The first-order valence-electron chi connectivity index (χ1n) is 14.9. The predicted molar refractivity (Wildman–Crippen MR) is 160 cm³/mol. The van der Waals surface area contributed by atoms with E-state index in [2.05, 4.69) is 36.5 Å². The Labute approximate surface area is 248 Å². The molecule has 1 aliphatic heterocycles. The zero-order valence-electron chi connectivity index (χ0n) is 25.3. The number of hydrogen-bond donors (Lipinski definition) is 1. The first kappa shape index (κ1) is 29.6. The number of likely N-dealkylation sites (tertiary alicyclic amines) is 1. The van der Waals surface area contributed by atoms with Gasteiger partial charge in [0.05, 0.1) is 18.6 Å². The second kappa shape index (κ2) is 11.4. The van der Waals surface area contributed by atoms with E-state index in [4.69, 9.17) is 9.47 Å². The first-order valence-corrected chi connectivity index (χ1v) is 15.7. The number of amides is 2. The Hall–Kier alpha value is -2.87. The molecule has 1 aromatic heterocycles. The molecule has 1 N–H and O–H groups in total. The van der Waals surface area contributed by atoms with E-state index in [-0.39, 0.29) is 35.3 Å². The van der Waals surface area contributed by atoms with Gasteiger partial charge in [-0.05, 0) is 108 Å². The molecule has 0 bridgehead atoms. The van der Waals surface area contributed by atoms with E-state index in [1.54, 1.807) is 11.3 Å². The second-order valence-electron chi connectivity index (χ2n) is 13.4. The molecule has 0 radical (unpaired) electrons. The van der Waals surface area contributed by atoms with Crippen LogP contribution in [0.1, 0.15) is 102 Å². The Balaban J connectivity index is 1.15. The molecule has 0 unspecified atom stereocenters. The largest absolute Gasteiger partial charge is 0.469 e. The van der Waals surface area contributed by atoms with Crippen LogP contribution in [-0.2, 0) is 20.7 Å². The van der Waals surface area contributed by atoms with Gasteiger partial charge in [-0.3, -0.25) is 9.59 Å². The smallest absolute Gasteiger partial charge is 0.410 e. The average molecular weight is 581 g/mol. The van der Waals surface area contributed by atoms with Gasteiger partial charge in [0.1, 0.15) is 5.60 Å². The van der Waals surface area contributed by atoms with E-state index in [9.17, 15) is 14.4 Å². The highest BCUT2D eigenvalue weighted by atomic mass is 32.1. The predicted octanol–water partition coefficient (Wildman–Crippen LogP) is 6.53. The van der Waals surface area contributed by atoms with Crippen molar-refractivity contribution in [2.75, 3.05) is 20.2 Å². The van der Waals surface area contributed by atoms with E-state index in [1.165, 1.54) is 23.1 Å². The van der Waals surface area contributed by atoms with Crippen LogP contribution in [0, 0.1) is 25.2 Å². The van der Waals surface area contributed by atoms with E-state index in [0.717, 1.165) is 60.9 Å². The Kier molecular flexibility index (Phi) is 8.25. The highest BCUT2D eigenvalue weighted by molar-refractivity contribution is 7.12. The van der Waals surface area contributed by atoms with Gasteiger partial charge in [-0.25, -0.2) is 4.79 Å². The fraction of sp³-hybridized carbons (Fsp3) is 0.606. The van der Waals surface area contributed by atoms with Crippen LogP contribution in [0.5, 0.6) is 0 Å². The summed E-state index contributed by atoms with van der Waals surface area (Å²) in [4.78, 5) is 41.7. The van der Waals surface area contributed by atoms with E-state index in [1.807, 2.05) is 32.6 Å². The molecule has 3 fully saturated rings. The molecule has 2 heterocycles. The van der Waals surface area contributed by atoms with Crippen molar-refractivity contribution in [3.8, 4) is 0 Å². The molecule has 7 nitrogen and oxygen atoms in total. The van der Waals surface area contributed by atoms with Crippen molar-refractivity contribution >= 4 is 29.3 Å². The number of nitrogens with zero attached hydrogens (tertiary/aromatic N) is 1. The number of piperidine rings is 1. The molecule has 1 saturated heterocycles. The summed E-state index contributed by atoms with van der Waals surface area (Å²) in [6.07, 6.45) is 6.02. The van der Waals surface area contributed by atoms with Crippen molar-refractivity contribution in [2.45, 2.75) is 97.1 Å². The molecule has 2 saturated carbocycles. The minimum atomic E-state index is -0.476. The molecule has 5 rings (SSSR count). The van der Waals surface area contributed by atoms with Gasteiger partial charge < -0.3 is 19.7 Å². The van der Waals surface area contributed by atoms with E-state index in [0.29, 0.717) is 19.0 Å². The number of rotatable bonds is 6. The standard InChI is InChI=1S/C33H44N2O5S/c1-20-27(28(21(2)41-20)29(36)34-26-18-33(19-26)16-25(17-33)30(37)39-6)15-22-7-9-23(10-8-22)24-11-13-35(14-12-24)31(38)40-32(3,4)5/h7-10,24-26H,11-19H2,1-6H3,(H,34,36). The van der Waals surface area contributed by atoms with Gasteiger partial charge in [0.2, 0.25) is 0 Å². The Morgan fingerprint density at radius 2 is 1.63 bits per heavy atom. The Morgan fingerprint density at radius 1 is 1.00 bits per heavy atom. The van der Waals surface area contributed by atoms with Crippen LogP contribution < -0.4 is 5.32 Å². The lowest BCUT2D eigenvalue weighted by molar-refractivity contribution is -0.159. The average Bonchev–Trinajstić information content (AvgIpc) is 3.16. The third-order valence-corrected chi connectivity index (χ3v) is 10.2. The number of methoxy groups -OCH3 is 1. The number of benzene rings is 1.